The average molecular weight is 489 g/mol. The third kappa shape index (κ3) is 7.94. The van der Waals surface area contributed by atoms with Gasteiger partial charge in [0.1, 0.15) is 0 Å². The highest BCUT2D eigenvalue weighted by molar-refractivity contribution is 6.00. The summed E-state index contributed by atoms with van der Waals surface area (Å²) in [5.74, 6) is -0.186. The predicted octanol–water partition coefficient (Wildman–Crippen LogP) is 6.58. The first-order valence-electron chi connectivity index (χ1n) is 13.6. The Kier molecular flexibility index (Phi) is 11.5. The van der Waals surface area contributed by atoms with Gasteiger partial charge in [0.25, 0.3) is 0 Å². The van der Waals surface area contributed by atoms with E-state index in [4.69, 9.17) is 9.47 Å². The fourth-order valence-corrected chi connectivity index (χ4v) is 4.78. The highest BCUT2D eigenvalue weighted by Gasteiger charge is 2.06. The number of esters is 2. The molecule has 4 heteroatoms. The number of benzene rings is 3. The summed E-state index contributed by atoms with van der Waals surface area (Å²) in [5.41, 5.74) is 0. The van der Waals surface area contributed by atoms with Gasteiger partial charge in [-0.15, -0.1) is 0 Å². The molecule has 0 N–H and O–H groups in total. The average Bonchev–Trinajstić information content (AvgIpc) is 2.89. The Morgan fingerprint density at radius 2 is 0.944 bits per heavy atom. The molecule has 0 saturated carbocycles. The molecule has 0 amide bonds. The van der Waals surface area contributed by atoms with Crippen molar-refractivity contribution in [1.82, 2.24) is 0 Å². The highest BCUT2D eigenvalue weighted by atomic mass is 16.5. The van der Waals surface area contributed by atoms with Gasteiger partial charge in [0.15, 0.2) is 0 Å². The van der Waals surface area contributed by atoms with Gasteiger partial charge in [-0.1, -0.05) is 73.5 Å². The van der Waals surface area contributed by atoms with Crippen LogP contribution < -0.4 is 10.4 Å². The second-order valence-electron chi connectivity index (χ2n) is 9.14. The van der Waals surface area contributed by atoms with Crippen LogP contribution in [0.1, 0.15) is 78.1 Å². The lowest BCUT2D eigenvalue weighted by atomic mass is 9.96. The van der Waals surface area contributed by atoms with Crippen molar-refractivity contribution in [2.45, 2.75) is 78.1 Å². The molecule has 0 saturated heterocycles. The normalized spacial score (nSPS) is 10.9. The summed E-state index contributed by atoms with van der Waals surface area (Å²) < 4.78 is 10.0. The zero-order valence-electron chi connectivity index (χ0n) is 21.9. The summed E-state index contributed by atoms with van der Waals surface area (Å²) in [5, 5.41) is 7.76. The summed E-state index contributed by atoms with van der Waals surface area (Å²) in [6, 6.07) is 17.4. The first-order chi connectivity index (χ1) is 17.7. The molecule has 3 aromatic carbocycles. The van der Waals surface area contributed by atoms with Crippen LogP contribution in [0, 0.1) is 0 Å². The predicted molar refractivity (Wildman–Crippen MR) is 149 cm³/mol. The molecule has 0 atom stereocenters. The lowest BCUT2D eigenvalue weighted by molar-refractivity contribution is -0.144. The smallest absolute Gasteiger partial charge is 0.305 e. The molecular formula is C32H40O4. The molecule has 0 spiro atoms. The Hall–Kier alpha value is -3.14. The van der Waals surface area contributed by atoms with Crippen LogP contribution in [0.2, 0.25) is 0 Å². The number of carbonyl (C=O) groups is 2. The van der Waals surface area contributed by atoms with Crippen LogP contribution >= 0.6 is 0 Å². The molecule has 0 aliphatic carbocycles. The Balaban J connectivity index is 1.76. The quantitative estimate of drug-likeness (QED) is 0.146. The number of ether oxygens (including phenoxy) is 2. The van der Waals surface area contributed by atoms with Gasteiger partial charge in [-0.2, -0.15) is 0 Å². The van der Waals surface area contributed by atoms with E-state index in [1.54, 1.807) is 0 Å². The molecule has 0 radical (unpaired) electrons. The van der Waals surface area contributed by atoms with Crippen molar-refractivity contribution in [3.05, 3.63) is 59.0 Å². The molecule has 0 bridgehead atoms. The SMILES string of the molecule is CCOC(=O)CCCCCC=c1c2ccccc2c(=CCCCCCC(=O)OCC)c2ccccc12. The minimum atomic E-state index is -0.0932. The van der Waals surface area contributed by atoms with Gasteiger partial charge in [0.05, 0.1) is 13.2 Å². The van der Waals surface area contributed by atoms with E-state index in [0.717, 1.165) is 51.4 Å². The maximum atomic E-state index is 11.5. The Morgan fingerprint density at radius 3 is 1.28 bits per heavy atom. The van der Waals surface area contributed by atoms with E-state index in [2.05, 4.69) is 60.7 Å². The molecule has 0 heterocycles. The van der Waals surface area contributed by atoms with Gasteiger partial charge in [-0.3, -0.25) is 9.59 Å². The second kappa shape index (κ2) is 15.1. The Bertz CT molecular complexity index is 1100. The van der Waals surface area contributed by atoms with Crippen molar-refractivity contribution in [2.24, 2.45) is 0 Å². The topological polar surface area (TPSA) is 52.6 Å². The zero-order chi connectivity index (χ0) is 25.6. The van der Waals surface area contributed by atoms with Crippen molar-refractivity contribution in [3.8, 4) is 0 Å². The number of rotatable bonds is 14. The number of hydrogen-bond donors (Lipinski definition) is 0. The standard InChI is InChI=1S/C32H40O4/c1-3-35-31(33)23-11-7-5-9-17-25-27-19-13-15-21-29(27)26(30-22-16-14-20-28(25)30)18-10-6-8-12-24-32(34)36-4-2/h13-22H,3-12,23-24H2,1-2H3. The van der Waals surface area contributed by atoms with Gasteiger partial charge in [0, 0.05) is 12.8 Å². The lowest BCUT2D eigenvalue weighted by Gasteiger charge is -2.08. The fraction of sp³-hybridized carbons (Fsp3) is 0.438. The second-order valence-corrected chi connectivity index (χ2v) is 9.14. The van der Waals surface area contributed by atoms with Gasteiger partial charge < -0.3 is 9.47 Å². The monoisotopic (exact) mass is 488 g/mol. The molecular weight excluding hydrogens is 448 g/mol. The Morgan fingerprint density at radius 1 is 0.583 bits per heavy atom. The first kappa shape index (κ1) is 27.4. The van der Waals surface area contributed by atoms with E-state index in [1.165, 1.54) is 32.0 Å². The van der Waals surface area contributed by atoms with E-state index in [9.17, 15) is 9.59 Å². The van der Waals surface area contributed by atoms with Crippen molar-refractivity contribution < 1.29 is 19.1 Å². The molecule has 0 unspecified atom stereocenters. The molecule has 0 aliphatic heterocycles. The molecule has 3 aromatic rings. The molecule has 0 aromatic heterocycles. The largest absolute Gasteiger partial charge is 0.466 e. The van der Waals surface area contributed by atoms with Crippen molar-refractivity contribution in [3.63, 3.8) is 0 Å². The molecule has 3 rings (SSSR count). The van der Waals surface area contributed by atoms with Crippen LogP contribution in [0.5, 0.6) is 0 Å². The summed E-state index contributed by atoms with van der Waals surface area (Å²) >= 11 is 0. The van der Waals surface area contributed by atoms with Crippen LogP contribution in [0.15, 0.2) is 48.5 Å². The number of unbranched alkanes of at least 4 members (excludes halogenated alkanes) is 6. The third-order valence-electron chi connectivity index (χ3n) is 6.49. The van der Waals surface area contributed by atoms with Crippen LogP contribution in [0.3, 0.4) is 0 Å². The Labute approximate surface area is 215 Å². The van der Waals surface area contributed by atoms with Crippen LogP contribution in [0.25, 0.3) is 33.7 Å². The fourth-order valence-electron chi connectivity index (χ4n) is 4.78. The number of hydrogen-bond acceptors (Lipinski definition) is 4. The van der Waals surface area contributed by atoms with Crippen LogP contribution in [0.4, 0.5) is 0 Å². The third-order valence-corrected chi connectivity index (χ3v) is 6.49. The van der Waals surface area contributed by atoms with Crippen molar-refractivity contribution in [1.29, 1.82) is 0 Å². The van der Waals surface area contributed by atoms with Gasteiger partial charge in [-0.05, 0) is 84.4 Å². The molecule has 0 fully saturated rings. The molecule has 4 nitrogen and oxygen atoms in total. The summed E-state index contributed by atoms with van der Waals surface area (Å²) in [6.45, 7) is 4.60. The molecule has 192 valence electrons. The lowest BCUT2D eigenvalue weighted by Crippen LogP contribution is -2.15. The molecule has 0 aliphatic rings. The zero-order valence-corrected chi connectivity index (χ0v) is 21.9. The summed E-state index contributed by atoms with van der Waals surface area (Å²) in [6.07, 6.45) is 13.6. The van der Waals surface area contributed by atoms with E-state index >= 15 is 0 Å². The maximum Gasteiger partial charge on any atom is 0.305 e. The van der Waals surface area contributed by atoms with E-state index in [0.29, 0.717) is 26.1 Å². The van der Waals surface area contributed by atoms with Crippen molar-refractivity contribution in [2.75, 3.05) is 13.2 Å². The van der Waals surface area contributed by atoms with E-state index in [1.807, 2.05) is 13.8 Å². The minimum Gasteiger partial charge on any atom is -0.466 e. The van der Waals surface area contributed by atoms with Gasteiger partial charge in [0.2, 0.25) is 0 Å². The summed E-state index contributed by atoms with van der Waals surface area (Å²) in [4.78, 5) is 23.1. The van der Waals surface area contributed by atoms with Crippen molar-refractivity contribution >= 4 is 45.6 Å². The molecule has 36 heavy (non-hydrogen) atoms. The summed E-state index contributed by atoms with van der Waals surface area (Å²) in [7, 11) is 0. The maximum absolute atomic E-state index is 11.5. The minimum absolute atomic E-state index is 0.0932. The van der Waals surface area contributed by atoms with Gasteiger partial charge >= 0.3 is 11.9 Å². The number of fused-ring (bicyclic) bond motifs is 2. The highest BCUT2D eigenvalue weighted by Crippen LogP contribution is 2.15. The van der Waals surface area contributed by atoms with E-state index in [-0.39, 0.29) is 11.9 Å². The van der Waals surface area contributed by atoms with Crippen LogP contribution in [-0.4, -0.2) is 25.2 Å². The van der Waals surface area contributed by atoms with Crippen LogP contribution in [-0.2, 0) is 19.1 Å². The number of carbonyl (C=O) groups excluding carboxylic acids is 2. The van der Waals surface area contributed by atoms with Gasteiger partial charge in [-0.25, -0.2) is 0 Å². The first-order valence-corrected chi connectivity index (χ1v) is 13.6. The van der Waals surface area contributed by atoms with E-state index < -0.39 is 0 Å².